The molecule has 2 aliphatic carbocycles. The van der Waals surface area contributed by atoms with Crippen LogP contribution in [0, 0.1) is 59.2 Å². The van der Waals surface area contributed by atoms with Crippen LogP contribution in [0.2, 0.25) is 0 Å². The van der Waals surface area contributed by atoms with Crippen LogP contribution in [0.25, 0.3) is 0 Å². The summed E-state index contributed by atoms with van der Waals surface area (Å²) >= 11 is 0. The molecule has 2 aliphatic rings. The third kappa shape index (κ3) is 4.05. The molecule has 0 amide bonds. The maximum Gasteiger partial charge on any atom is 1.00 e. The Bertz CT molecular complexity index is 270. The van der Waals surface area contributed by atoms with Gasteiger partial charge in [-0.05, 0) is 0 Å². The van der Waals surface area contributed by atoms with Gasteiger partial charge in [0.05, 0.1) is 0 Å². The third-order valence-electron chi connectivity index (χ3n) is 7.92. The molecular formula is C20H36Li2. The van der Waals surface area contributed by atoms with Gasteiger partial charge in [-0.25, -0.2) is 0 Å². The molecule has 0 saturated heterocycles. The van der Waals surface area contributed by atoms with Gasteiger partial charge >= 0.3 is 37.7 Å². The van der Waals surface area contributed by atoms with Crippen molar-refractivity contribution in [1.82, 2.24) is 0 Å². The van der Waals surface area contributed by atoms with Crippen LogP contribution < -0.4 is 37.7 Å². The van der Waals surface area contributed by atoms with Crippen LogP contribution in [0.1, 0.15) is 68.2 Å². The predicted molar refractivity (Wildman–Crippen MR) is 89.0 cm³/mol. The van der Waals surface area contributed by atoms with E-state index in [9.17, 15) is 0 Å². The molecule has 2 saturated carbocycles. The van der Waals surface area contributed by atoms with Crippen molar-refractivity contribution in [2.45, 2.75) is 68.2 Å². The standard InChI is InChI=1S/C20H36.2Li/c1-11-12(2)16(6)19(15(11)5)9-10-20-17(7)13(3)14(4)18(20)8;;/h11,13,15-20H,9-10H2,1-8H3;;/q-2;2*+1. The van der Waals surface area contributed by atoms with Crippen LogP contribution in [0.4, 0.5) is 0 Å². The second-order valence-corrected chi connectivity index (χ2v) is 8.27. The summed E-state index contributed by atoms with van der Waals surface area (Å²) in [5, 5.41) is 0. The molecule has 2 fully saturated rings. The number of hydrogen-bond acceptors (Lipinski definition) is 0. The van der Waals surface area contributed by atoms with E-state index in [1.54, 1.807) is 11.8 Å². The van der Waals surface area contributed by atoms with E-state index in [2.05, 4.69) is 55.4 Å². The van der Waals surface area contributed by atoms with Crippen molar-refractivity contribution < 1.29 is 37.7 Å². The first-order chi connectivity index (χ1) is 9.27. The van der Waals surface area contributed by atoms with Gasteiger partial charge in [-0.1, -0.05) is 78.1 Å². The topological polar surface area (TPSA) is 0 Å². The van der Waals surface area contributed by atoms with E-state index in [0.29, 0.717) is 0 Å². The van der Waals surface area contributed by atoms with Gasteiger partial charge < -0.3 is 11.8 Å². The minimum Gasteiger partial charge on any atom is -0.311 e. The first kappa shape index (κ1) is 23.2. The molecule has 22 heavy (non-hydrogen) atoms. The van der Waals surface area contributed by atoms with Gasteiger partial charge in [-0.3, -0.25) is 0 Å². The van der Waals surface area contributed by atoms with Crippen LogP contribution in [0.5, 0.6) is 0 Å². The van der Waals surface area contributed by atoms with Crippen LogP contribution in [-0.4, -0.2) is 0 Å². The number of hydrogen-bond donors (Lipinski definition) is 0. The van der Waals surface area contributed by atoms with Crippen LogP contribution >= 0.6 is 0 Å². The monoisotopic (exact) mass is 290 g/mol. The molecule has 118 valence electrons. The predicted octanol–water partition coefficient (Wildman–Crippen LogP) is 0.0396. The van der Waals surface area contributed by atoms with Gasteiger partial charge in [0, 0.05) is 0 Å². The zero-order valence-electron chi connectivity index (χ0n) is 17.0. The van der Waals surface area contributed by atoms with Crippen molar-refractivity contribution in [1.29, 1.82) is 0 Å². The summed E-state index contributed by atoms with van der Waals surface area (Å²) in [5.74, 6) is 10.5. The summed E-state index contributed by atoms with van der Waals surface area (Å²) < 4.78 is 0. The summed E-state index contributed by atoms with van der Waals surface area (Å²) in [6.45, 7) is 19.6. The SMILES string of the molecule is C[C-]1C(C)C(C)C(CCC2C(C)[C-](C)C(C)C2C)C1C.[Li+].[Li+]. The van der Waals surface area contributed by atoms with Gasteiger partial charge in [0.2, 0.25) is 0 Å². The molecule has 8 unspecified atom stereocenters. The molecule has 0 N–H and O–H groups in total. The first-order valence-corrected chi connectivity index (χ1v) is 8.94. The Morgan fingerprint density at radius 2 is 0.818 bits per heavy atom. The van der Waals surface area contributed by atoms with E-state index in [-0.39, 0.29) is 37.7 Å². The molecule has 0 spiro atoms. The minimum atomic E-state index is 0. The van der Waals surface area contributed by atoms with Crippen molar-refractivity contribution >= 4 is 0 Å². The Balaban J connectivity index is 0.00000220. The van der Waals surface area contributed by atoms with Crippen LogP contribution in [0.15, 0.2) is 0 Å². The molecule has 2 rings (SSSR count). The molecular weight excluding hydrogens is 254 g/mol. The van der Waals surface area contributed by atoms with Gasteiger partial charge in [0.15, 0.2) is 0 Å². The van der Waals surface area contributed by atoms with E-state index >= 15 is 0 Å². The second kappa shape index (κ2) is 9.05. The van der Waals surface area contributed by atoms with E-state index in [1.165, 1.54) is 12.8 Å². The van der Waals surface area contributed by atoms with Crippen molar-refractivity contribution in [3.63, 3.8) is 0 Å². The summed E-state index contributed by atoms with van der Waals surface area (Å²) in [5.41, 5.74) is 0. The molecule has 2 heteroatoms. The van der Waals surface area contributed by atoms with E-state index < -0.39 is 0 Å². The molecule has 0 aromatic rings. The molecule has 0 bridgehead atoms. The maximum atomic E-state index is 2.49. The molecule has 8 atom stereocenters. The Kier molecular flexibility index (Phi) is 9.54. The van der Waals surface area contributed by atoms with E-state index in [4.69, 9.17) is 0 Å². The summed E-state index contributed by atoms with van der Waals surface area (Å²) in [7, 11) is 0. The minimum absolute atomic E-state index is 0. The molecule has 0 aliphatic heterocycles. The third-order valence-corrected chi connectivity index (χ3v) is 7.92. The van der Waals surface area contributed by atoms with Crippen LogP contribution in [-0.2, 0) is 0 Å². The molecule has 0 nitrogen and oxygen atoms in total. The van der Waals surface area contributed by atoms with Crippen molar-refractivity contribution in [2.75, 3.05) is 0 Å². The molecule has 0 aromatic heterocycles. The summed E-state index contributed by atoms with van der Waals surface area (Å²) in [4.78, 5) is 0. The van der Waals surface area contributed by atoms with Crippen LogP contribution in [0.3, 0.4) is 0 Å². The molecule has 0 heterocycles. The Morgan fingerprint density at radius 3 is 1.00 bits per heavy atom. The largest absolute Gasteiger partial charge is 1.00 e. The van der Waals surface area contributed by atoms with Gasteiger partial charge in [0.1, 0.15) is 0 Å². The quantitative estimate of drug-likeness (QED) is 0.509. The Hall–Kier alpha value is 1.19. The van der Waals surface area contributed by atoms with Gasteiger partial charge in [-0.2, -0.15) is 37.5 Å². The Labute approximate surface area is 164 Å². The fraction of sp³-hybridized carbons (Fsp3) is 0.900. The average molecular weight is 290 g/mol. The molecule has 0 radical (unpaired) electrons. The van der Waals surface area contributed by atoms with Gasteiger partial charge in [-0.15, -0.1) is 0 Å². The van der Waals surface area contributed by atoms with Crippen molar-refractivity contribution in [3.05, 3.63) is 11.8 Å². The van der Waals surface area contributed by atoms with Gasteiger partial charge in [0.25, 0.3) is 0 Å². The maximum absolute atomic E-state index is 2.49. The summed E-state index contributed by atoms with van der Waals surface area (Å²) in [6.07, 6.45) is 2.90. The summed E-state index contributed by atoms with van der Waals surface area (Å²) in [6, 6.07) is 0. The molecule has 0 aromatic carbocycles. The average Bonchev–Trinajstić information content (AvgIpc) is 2.72. The zero-order chi connectivity index (χ0) is 15.2. The fourth-order valence-electron chi connectivity index (χ4n) is 5.40. The first-order valence-electron chi connectivity index (χ1n) is 8.94. The normalized spacial score (nSPS) is 46.4. The van der Waals surface area contributed by atoms with E-state index in [0.717, 1.165) is 47.3 Å². The van der Waals surface area contributed by atoms with E-state index in [1.807, 2.05) is 0 Å². The second-order valence-electron chi connectivity index (χ2n) is 8.27. The van der Waals surface area contributed by atoms with Crippen molar-refractivity contribution in [2.24, 2.45) is 47.3 Å². The zero-order valence-corrected chi connectivity index (χ0v) is 17.0. The van der Waals surface area contributed by atoms with Crippen molar-refractivity contribution in [3.8, 4) is 0 Å². The smallest absolute Gasteiger partial charge is 0.311 e. The Morgan fingerprint density at radius 1 is 0.545 bits per heavy atom. The fourth-order valence-corrected chi connectivity index (χ4v) is 5.40. The number of rotatable bonds is 3.